The molecule has 3 aromatic rings. The third-order valence-electron chi connectivity index (χ3n) is 5.46. The lowest BCUT2D eigenvalue weighted by Gasteiger charge is -2.27. The topological polar surface area (TPSA) is 74.7 Å². The first-order valence-corrected chi connectivity index (χ1v) is 10.5. The summed E-state index contributed by atoms with van der Waals surface area (Å²) in [5.74, 6) is 2.54. The van der Waals surface area contributed by atoms with Crippen LogP contribution in [0.2, 0.25) is 0 Å². The molecule has 0 saturated carbocycles. The first-order valence-electron chi connectivity index (χ1n) is 10.5. The van der Waals surface area contributed by atoms with Crippen molar-refractivity contribution in [2.45, 2.75) is 25.9 Å². The van der Waals surface area contributed by atoms with Crippen LogP contribution in [0.4, 0.5) is 11.5 Å². The van der Waals surface area contributed by atoms with Gasteiger partial charge in [-0.25, -0.2) is 9.97 Å². The van der Waals surface area contributed by atoms with Gasteiger partial charge in [0.2, 0.25) is 5.75 Å². The summed E-state index contributed by atoms with van der Waals surface area (Å²) in [5, 5.41) is 4.18. The van der Waals surface area contributed by atoms with Gasteiger partial charge in [-0.1, -0.05) is 24.3 Å². The van der Waals surface area contributed by atoms with E-state index in [2.05, 4.69) is 21.9 Å². The molecular weight excluding hydrogens is 394 g/mol. The van der Waals surface area contributed by atoms with Crippen molar-refractivity contribution in [3.8, 4) is 17.2 Å². The lowest BCUT2D eigenvalue weighted by atomic mass is 10.1. The maximum absolute atomic E-state index is 6.29. The van der Waals surface area contributed by atoms with Gasteiger partial charge in [0.15, 0.2) is 11.5 Å². The average molecular weight is 419 g/mol. The number of nitrogens with zero attached hydrogens (tertiary/aromatic N) is 2. The molecule has 2 aromatic carbocycles. The van der Waals surface area contributed by atoms with Crippen molar-refractivity contribution in [2.75, 3.05) is 31.7 Å². The molecule has 0 spiro atoms. The largest absolute Gasteiger partial charge is 0.486 e. The van der Waals surface area contributed by atoms with E-state index in [1.807, 2.05) is 37.3 Å². The number of nitrogens with one attached hydrogen (secondary N) is 1. The van der Waals surface area contributed by atoms with Gasteiger partial charge in [-0.3, -0.25) is 0 Å². The molecule has 0 unspecified atom stereocenters. The molecular formula is C24H25N3O4. The van der Waals surface area contributed by atoms with E-state index in [1.54, 1.807) is 6.33 Å². The molecule has 0 atom stereocenters. The van der Waals surface area contributed by atoms with Crippen molar-refractivity contribution in [3.63, 3.8) is 0 Å². The molecule has 31 heavy (non-hydrogen) atoms. The molecule has 7 heteroatoms. The van der Waals surface area contributed by atoms with Gasteiger partial charge < -0.3 is 24.3 Å². The number of rotatable bonds is 5. The summed E-state index contributed by atoms with van der Waals surface area (Å²) < 4.78 is 23.8. The Bertz CT molecular complexity index is 1130. The molecule has 5 rings (SSSR count). The van der Waals surface area contributed by atoms with E-state index in [4.69, 9.17) is 18.9 Å². The molecule has 0 aliphatic carbocycles. The molecule has 1 aromatic heterocycles. The van der Waals surface area contributed by atoms with E-state index >= 15 is 0 Å². The molecule has 0 bridgehead atoms. The minimum atomic E-state index is 0.0881. The van der Waals surface area contributed by atoms with Crippen molar-refractivity contribution < 1.29 is 18.9 Å². The Labute approximate surface area is 181 Å². The highest BCUT2D eigenvalue weighted by atomic mass is 16.6. The fourth-order valence-electron chi connectivity index (χ4n) is 3.86. The number of fused-ring (bicyclic) bond motifs is 3. The monoisotopic (exact) mass is 419 g/mol. The van der Waals surface area contributed by atoms with E-state index in [0.717, 1.165) is 40.6 Å². The molecule has 1 N–H and O–H groups in total. The van der Waals surface area contributed by atoms with E-state index < -0.39 is 0 Å². The lowest BCUT2D eigenvalue weighted by Crippen LogP contribution is -2.26. The highest BCUT2D eigenvalue weighted by Crippen LogP contribution is 2.47. The molecule has 160 valence electrons. The zero-order valence-corrected chi connectivity index (χ0v) is 17.5. The van der Waals surface area contributed by atoms with Crippen molar-refractivity contribution in [3.05, 3.63) is 48.8 Å². The van der Waals surface area contributed by atoms with Crippen LogP contribution in [0.15, 0.2) is 43.2 Å². The van der Waals surface area contributed by atoms with Gasteiger partial charge in [0.25, 0.3) is 0 Å². The van der Waals surface area contributed by atoms with E-state index in [0.29, 0.717) is 49.5 Å². The smallest absolute Gasteiger partial charge is 0.204 e. The van der Waals surface area contributed by atoms with E-state index in [-0.39, 0.29) is 6.10 Å². The standard InChI is InChI=1S/C24H25N3O4/c1-15(2)16-4-3-5-17(12-16)27-24-21-19(25-14-26-24)13-20(22-23(21)30-11-10-29-22)31-18-6-8-28-9-7-18/h3-5,12-14,18H,1,6-11H2,2H3,(H,25,26,27). The third-order valence-corrected chi connectivity index (χ3v) is 5.46. The Hall–Kier alpha value is -3.32. The van der Waals surface area contributed by atoms with Gasteiger partial charge in [-0.05, 0) is 24.6 Å². The molecule has 1 fully saturated rings. The zero-order valence-electron chi connectivity index (χ0n) is 17.5. The fraction of sp³-hybridized carbons (Fsp3) is 0.333. The number of allylic oxidation sites excluding steroid dienone is 1. The number of hydrogen-bond acceptors (Lipinski definition) is 7. The second kappa shape index (κ2) is 8.43. The first-order chi connectivity index (χ1) is 15.2. The van der Waals surface area contributed by atoms with Gasteiger partial charge in [-0.15, -0.1) is 0 Å². The summed E-state index contributed by atoms with van der Waals surface area (Å²) in [4.78, 5) is 8.98. The third kappa shape index (κ3) is 4.01. The highest BCUT2D eigenvalue weighted by molar-refractivity contribution is 5.99. The van der Waals surface area contributed by atoms with Gasteiger partial charge in [-0.2, -0.15) is 0 Å². The Morgan fingerprint density at radius 3 is 2.68 bits per heavy atom. The molecule has 0 amide bonds. The van der Waals surface area contributed by atoms with Gasteiger partial charge >= 0.3 is 0 Å². The van der Waals surface area contributed by atoms with E-state index in [9.17, 15) is 0 Å². The van der Waals surface area contributed by atoms with Crippen LogP contribution in [0.25, 0.3) is 16.5 Å². The van der Waals surface area contributed by atoms with Crippen LogP contribution >= 0.6 is 0 Å². The first kappa shape index (κ1) is 19.6. The summed E-state index contributed by atoms with van der Waals surface area (Å²) in [6, 6.07) is 9.97. The Morgan fingerprint density at radius 1 is 1.06 bits per heavy atom. The summed E-state index contributed by atoms with van der Waals surface area (Å²) in [5.41, 5.74) is 3.71. The highest BCUT2D eigenvalue weighted by Gasteiger charge is 2.26. The summed E-state index contributed by atoms with van der Waals surface area (Å²) in [6.45, 7) is 8.36. The Kier molecular flexibility index (Phi) is 5.34. The number of anilines is 2. The molecule has 2 aliphatic rings. The second-order valence-electron chi connectivity index (χ2n) is 7.76. The van der Waals surface area contributed by atoms with Crippen molar-refractivity contribution in [1.82, 2.24) is 9.97 Å². The molecule has 0 radical (unpaired) electrons. The maximum atomic E-state index is 6.29. The number of benzene rings is 2. The van der Waals surface area contributed by atoms with E-state index in [1.165, 1.54) is 0 Å². The SMILES string of the molecule is C=C(C)c1cccc(Nc2ncnc3cc(OC4CCOCC4)c4c(c23)OCCO4)c1. The van der Waals surface area contributed by atoms with Crippen LogP contribution in [0.3, 0.4) is 0 Å². The minimum Gasteiger partial charge on any atom is -0.486 e. The van der Waals surface area contributed by atoms with Crippen LogP contribution in [-0.4, -0.2) is 42.5 Å². The second-order valence-corrected chi connectivity index (χ2v) is 7.76. The summed E-state index contributed by atoms with van der Waals surface area (Å²) >= 11 is 0. The van der Waals surface area contributed by atoms with Crippen LogP contribution in [0.5, 0.6) is 17.2 Å². The van der Waals surface area contributed by atoms with Crippen molar-refractivity contribution in [2.24, 2.45) is 0 Å². The lowest BCUT2D eigenvalue weighted by molar-refractivity contribution is 0.0234. The van der Waals surface area contributed by atoms with Gasteiger partial charge in [0, 0.05) is 24.6 Å². The van der Waals surface area contributed by atoms with Crippen LogP contribution < -0.4 is 19.5 Å². The average Bonchev–Trinajstić information content (AvgIpc) is 2.80. The van der Waals surface area contributed by atoms with Gasteiger partial charge in [0.1, 0.15) is 31.5 Å². The zero-order chi connectivity index (χ0) is 21.2. The normalized spacial score (nSPS) is 16.2. The predicted molar refractivity (Wildman–Crippen MR) is 119 cm³/mol. The molecule has 3 heterocycles. The molecule has 1 saturated heterocycles. The summed E-state index contributed by atoms with van der Waals surface area (Å²) in [7, 11) is 0. The molecule has 7 nitrogen and oxygen atoms in total. The maximum Gasteiger partial charge on any atom is 0.204 e. The van der Waals surface area contributed by atoms with Crippen LogP contribution in [0, 0.1) is 0 Å². The minimum absolute atomic E-state index is 0.0881. The molecule has 2 aliphatic heterocycles. The fourth-order valence-corrected chi connectivity index (χ4v) is 3.86. The Morgan fingerprint density at radius 2 is 1.87 bits per heavy atom. The van der Waals surface area contributed by atoms with Crippen molar-refractivity contribution >= 4 is 28.0 Å². The number of hydrogen-bond donors (Lipinski definition) is 1. The number of aromatic nitrogens is 2. The number of ether oxygens (including phenoxy) is 4. The van der Waals surface area contributed by atoms with Crippen LogP contribution in [0.1, 0.15) is 25.3 Å². The van der Waals surface area contributed by atoms with Crippen LogP contribution in [-0.2, 0) is 4.74 Å². The van der Waals surface area contributed by atoms with Gasteiger partial charge in [0.05, 0.1) is 24.1 Å². The van der Waals surface area contributed by atoms with Crippen molar-refractivity contribution in [1.29, 1.82) is 0 Å². The Balaban J connectivity index is 1.56. The quantitative estimate of drug-likeness (QED) is 0.640. The predicted octanol–water partition coefficient (Wildman–Crippen LogP) is 4.74. The summed E-state index contributed by atoms with van der Waals surface area (Å²) in [6.07, 6.45) is 3.33.